The third-order valence-corrected chi connectivity index (χ3v) is 5.89. The summed E-state index contributed by atoms with van der Waals surface area (Å²) in [5, 5.41) is 0. The predicted octanol–water partition coefficient (Wildman–Crippen LogP) is 1.49. The molecule has 5 heteroatoms. The van der Waals surface area contributed by atoms with Gasteiger partial charge in [0.15, 0.2) is 0 Å². The Labute approximate surface area is 131 Å². The second-order valence-electron chi connectivity index (χ2n) is 7.02. The topological polar surface area (TPSA) is 62.5 Å². The summed E-state index contributed by atoms with van der Waals surface area (Å²) in [6.45, 7) is 4.09. The van der Waals surface area contributed by atoms with Crippen LogP contribution in [-0.4, -0.2) is 48.0 Å². The van der Waals surface area contributed by atoms with Crippen LogP contribution in [-0.2, 0) is 0 Å². The maximum absolute atomic E-state index is 11.6. The normalized spacial score (nSPS) is 31.6. The number of primary amides is 1. The van der Waals surface area contributed by atoms with Gasteiger partial charge in [0.25, 0.3) is 5.91 Å². The summed E-state index contributed by atoms with van der Waals surface area (Å²) in [5.74, 6) is 1.57. The van der Waals surface area contributed by atoms with Crippen molar-refractivity contribution in [3.8, 4) is 0 Å². The highest BCUT2D eigenvalue weighted by Crippen LogP contribution is 2.46. The number of hydrogen-bond acceptors (Lipinski definition) is 4. The summed E-state index contributed by atoms with van der Waals surface area (Å²) in [6.07, 6.45) is 9.16. The largest absolute Gasteiger partial charge is 0.367 e. The number of hydrogen-bond donors (Lipinski definition) is 1. The fourth-order valence-corrected chi connectivity index (χ4v) is 4.80. The quantitative estimate of drug-likeness (QED) is 0.919. The summed E-state index contributed by atoms with van der Waals surface area (Å²) in [4.78, 5) is 20.7. The molecule has 0 spiro atoms. The predicted molar refractivity (Wildman–Crippen MR) is 85.8 cm³/mol. The van der Waals surface area contributed by atoms with Crippen LogP contribution in [0.2, 0.25) is 0 Å². The van der Waals surface area contributed by atoms with E-state index in [0.717, 1.165) is 49.7 Å². The van der Waals surface area contributed by atoms with Gasteiger partial charge in [0.05, 0.1) is 17.4 Å². The first kappa shape index (κ1) is 14.0. The molecule has 1 saturated heterocycles. The van der Waals surface area contributed by atoms with Gasteiger partial charge in [-0.15, -0.1) is 0 Å². The molecule has 1 aromatic rings. The average molecular weight is 300 g/mol. The zero-order valence-electron chi connectivity index (χ0n) is 12.9. The highest BCUT2D eigenvalue weighted by atomic mass is 16.1. The molecule has 2 heterocycles. The molecule has 1 aliphatic heterocycles. The summed E-state index contributed by atoms with van der Waals surface area (Å²) in [7, 11) is 0. The molecule has 4 rings (SSSR count). The van der Waals surface area contributed by atoms with E-state index >= 15 is 0 Å². The van der Waals surface area contributed by atoms with Crippen molar-refractivity contribution in [1.29, 1.82) is 0 Å². The minimum Gasteiger partial charge on any atom is -0.367 e. The lowest BCUT2D eigenvalue weighted by Gasteiger charge is -2.42. The van der Waals surface area contributed by atoms with E-state index < -0.39 is 0 Å². The molecule has 3 fully saturated rings. The molecular weight excluding hydrogens is 276 g/mol. The number of pyridine rings is 1. The minimum absolute atomic E-state index is 0.368. The van der Waals surface area contributed by atoms with Crippen LogP contribution < -0.4 is 10.6 Å². The maximum atomic E-state index is 11.6. The number of aromatic nitrogens is 1. The van der Waals surface area contributed by atoms with Gasteiger partial charge < -0.3 is 10.6 Å². The fraction of sp³-hybridized carbons (Fsp3) is 0.647. The van der Waals surface area contributed by atoms with Crippen LogP contribution in [0, 0.1) is 11.8 Å². The van der Waals surface area contributed by atoms with Gasteiger partial charge in [0, 0.05) is 38.4 Å². The maximum Gasteiger partial charge on any atom is 0.250 e. The first-order valence-corrected chi connectivity index (χ1v) is 8.45. The Morgan fingerprint density at radius 1 is 1.18 bits per heavy atom. The number of carbonyl (C=O) groups excluding carboxylic acids is 1. The Hall–Kier alpha value is -1.62. The number of amides is 1. The zero-order valence-corrected chi connectivity index (χ0v) is 12.9. The molecule has 2 bridgehead atoms. The van der Waals surface area contributed by atoms with Gasteiger partial charge in [-0.2, -0.15) is 0 Å². The fourth-order valence-electron chi connectivity index (χ4n) is 4.80. The first-order valence-electron chi connectivity index (χ1n) is 8.45. The van der Waals surface area contributed by atoms with Crippen LogP contribution in [0.4, 0.5) is 5.69 Å². The van der Waals surface area contributed by atoms with E-state index in [4.69, 9.17) is 5.73 Å². The van der Waals surface area contributed by atoms with Gasteiger partial charge in [-0.1, -0.05) is 6.42 Å². The van der Waals surface area contributed by atoms with Crippen LogP contribution in [0.5, 0.6) is 0 Å². The molecule has 1 aromatic heterocycles. The van der Waals surface area contributed by atoms with E-state index in [2.05, 4.69) is 14.8 Å². The molecule has 22 heavy (non-hydrogen) atoms. The van der Waals surface area contributed by atoms with E-state index in [1.807, 2.05) is 0 Å². The molecule has 2 N–H and O–H groups in total. The molecule has 2 saturated carbocycles. The number of rotatable bonds is 3. The number of anilines is 1. The molecule has 3 unspecified atom stereocenters. The van der Waals surface area contributed by atoms with Crippen molar-refractivity contribution in [2.45, 2.75) is 31.7 Å². The summed E-state index contributed by atoms with van der Waals surface area (Å²) < 4.78 is 0. The molecule has 5 nitrogen and oxygen atoms in total. The third-order valence-electron chi connectivity index (χ3n) is 5.89. The summed E-state index contributed by atoms with van der Waals surface area (Å²) in [5.41, 5.74) is 6.96. The monoisotopic (exact) mass is 300 g/mol. The molecule has 0 radical (unpaired) electrons. The SMILES string of the molecule is NC(=O)c1ccncc1N1CCN(C2CC3CCC2C3)CC1. The van der Waals surface area contributed by atoms with Crippen molar-refractivity contribution in [1.82, 2.24) is 9.88 Å². The van der Waals surface area contributed by atoms with Crippen molar-refractivity contribution in [3.05, 3.63) is 24.0 Å². The second-order valence-corrected chi connectivity index (χ2v) is 7.02. The number of carbonyl (C=O) groups is 1. The van der Waals surface area contributed by atoms with Crippen molar-refractivity contribution < 1.29 is 4.79 Å². The van der Waals surface area contributed by atoms with Crippen molar-refractivity contribution in [2.24, 2.45) is 17.6 Å². The molecule has 3 aliphatic rings. The van der Waals surface area contributed by atoms with Crippen LogP contribution in [0.3, 0.4) is 0 Å². The van der Waals surface area contributed by atoms with Gasteiger partial charge in [0.1, 0.15) is 0 Å². The summed E-state index contributed by atoms with van der Waals surface area (Å²) in [6, 6.07) is 2.53. The number of nitrogens with two attached hydrogens (primary N) is 1. The van der Waals surface area contributed by atoms with Crippen LogP contribution in [0.1, 0.15) is 36.0 Å². The average Bonchev–Trinajstić information content (AvgIpc) is 3.18. The lowest BCUT2D eigenvalue weighted by molar-refractivity contribution is 0.1000. The molecule has 3 atom stereocenters. The Balaban J connectivity index is 1.43. The smallest absolute Gasteiger partial charge is 0.250 e. The van der Waals surface area contributed by atoms with Crippen molar-refractivity contribution in [2.75, 3.05) is 31.1 Å². The van der Waals surface area contributed by atoms with E-state index in [1.54, 1.807) is 18.5 Å². The van der Waals surface area contributed by atoms with Gasteiger partial charge in [0.2, 0.25) is 0 Å². The van der Waals surface area contributed by atoms with E-state index in [-0.39, 0.29) is 5.91 Å². The van der Waals surface area contributed by atoms with Crippen LogP contribution in [0.25, 0.3) is 0 Å². The molecule has 118 valence electrons. The standard InChI is InChI=1S/C17H24N4O/c18-17(22)14-3-4-19-11-16(14)21-7-5-20(6-8-21)15-10-12-1-2-13(15)9-12/h3-4,11-13,15H,1-2,5-10H2,(H2,18,22). The van der Waals surface area contributed by atoms with Crippen LogP contribution >= 0.6 is 0 Å². The Kier molecular flexibility index (Phi) is 3.53. The Morgan fingerprint density at radius 2 is 2.00 bits per heavy atom. The Morgan fingerprint density at radius 3 is 2.64 bits per heavy atom. The minimum atomic E-state index is -0.368. The van der Waals surface area contributed by atoms with Gasteiger partial charge in [-0.25, -0.2) is 0 Å². The molecular formula is C17H24N4O. The van der Waals surface area contributed by atoms with E-state index in [1.165, 1.54) is 25.7 Å². The molecule has 0 aromatic carbocycles. The van der Waals surface area contributed by atoms with Crippen LogP contribution in [0.15, 0.2) is 18.5 Å². The third kappa shape index (κ3) is 2.37. The van der Waals surface area contributed by atoms with Crippen molar-refractivity contribution >= 4 is 11.6 Å². The highest BCUT2D eigenvalue weighted by molar-refractivity contribution is 5.98. The highest BCUT2D eigenvalue weighted by Gasteiger charge is 2.42. The van der Waals surface area contributed by atoms with Crippen molar-refractivity contribution in [3.63, 3.8) is 0 Å². The molecule has 2 aliphatic carbocycles. The van der Waals surface area contributed by atoms with Gasteiger partial charge >= 0.3 is 0 Å². The lowest BCUT2D eigenvalue weighted by atomic mass is 9.93. The first-order chi connectivity index (χ1) is 10.7. The second kappa shape index (κ2) is 5.54. The van der Waals surface area contributed by atoms with E-state index in [0.29, 0.717) is 5.56 Å². The van der Waals surface area contributed by atoms with Gasteiger partial charge in [-0.3, -0.25) is 14.7 Å². The van der Waals surface area contributed by atoms with Gasteiger partial charge in [-0.05, 0) is 37.2 Å². The number of piperazine rings is 1. The number of fused-ring (bicyclic) bond motifs is 2. The Bertz CT molecular complexity index is 568. The zero-order chi connectivity index (χ0) is 15.1. The number of nitrogens with zero attached hydrogens (tertiary/aromatic N) is 3. The molecule has 1 amide bonds. The summed E-state index contributed by atoms with van der Waals surface area (Å²) >= 11 is 0. The van der Waals surface area contributed by atoms with E-state index in [9.17, 15) is 4.79 Å². The lowest BCUT2D eigenvalue weighted by Crippen LogP contribution is -2.52.